The SMILES string of the molecule is CCC(=O)NCCc1cc(Br)c(O)c(Br)c1. The normalized spacial score (nSPS) is 10.2. The van der Waals surface area contributed by atoms with Crippen molar-refractivity contribution in [3.63, 3.8) is 0 Å². The minimum Gasteiger partial charge on any atom is -0.506 e. The van der Waals surface area contributed by atoms with E-state index in [0.717, 1.165) is 12.0 Å². The number of hydrogen-bond acceptors (Lipinski definition) is 2. The highest BCUT2D eigenvalue weighted by Gasteiger charge is 2.06. The van der Waals surface area contributed by atoms with Gasteiger partial charge in [0.25, 0.3) is 0 Å². The molecule has 1 amide bonds. The molecule has 0 radical (unpaired) electrons. The minimum atomic E-state index is 0.0527. The molecule has 0 aliphatic carbocycles. The molecule has 88 valence electrons. The molecule has 0 aliphatic rings. The lowest BCUT2D eigenvalue weighted by Gasteiger charge is -2.07. The Bertz CT molecular complexity index is 371. The molecular formula is C11H13Br2NO2. The molecule has 2 N–H and O–H groups in total. The van der Waals surface area contributed by atoms with Gasteiger partial charge < -0.3 is 10.4 Å². The van der Waals surface area contributed by atoms with Gasteiger partial charge in [0.15, 0.2) is 0 Å². The summed E-state index contributed by atoms with van der Waals surface area (Å²) >= 11 is 6.53. The zero-order chi connectivity index (χ0) is 12.1. The predicted octanol–water partition coefficient (Wildman–Crippen LogP) is 2.99. The summed E-state index contributed by atoms with van der Waals surface area (Å²) in [6.07, 6.45) is 1.24. The number of aromatic hydroxyl groups is 1. The third-order valence-corrected chi connectivity index (χ3v) is 3.34. The Balaban J connectivity index is 2.58. The van der Waals surface area contributed by atoms with Gasteiger partial charge in [-0.1, -0.05) is 6.92 Å². The van der Waals surface area contributed by atoms with Gasteiger partial charge in [0, 0.05) is 13.0 Å². The van der Waals surface area contributed by atoms with E-state index < -0.39 is 0 Å². The first-order valence-corrected chi connectivity index (χ1v) is 6.56. The second-order valence-electron chi connectivity index (χ2n) is 3.36. The van der Waals surface area contributed by atoms with Crippen LogP contribution in [0.3, 0.4) is 0 Å². The van der Waals surface area contributed by atoms with Crippen LogP contribution in [0.2, 0.25) is 0 Å². The maximum Gasteiger partial charge on any atom is 0.219 e. The number of carbonyl (C=O) groups excluding carboxylic acids is 1. The molecule has 0 aliphatic heterocycles. The van der Waals surface area contributed by atoms with Crippen molar-refractivity contribution in [2.75, 3.05) is 6.54 Å². The van der Waals surface area contributed by atoms with E-state index >= 15 is 0 Å². The molecule has 3 nitrogen and oxygen atoms in total. The summed E-state index contributed by atoms with van der Waals surface area (Å²) in [5.41, 5.74) is 1.05. The van der Waals surface area contributed by atoms with Crippen LogP contribution in [-0.2, 0) is 11.2 Å². The van der Waals surface area contributed by atoms with Crippen molar-refractivity contribution in [1.29, 1.82) is 0 Å². The highest BCUT2D eigenvalue weighted by Crippen LogP contribution is 2.33. The molecule has 1 aromatic rings. The van der Waals surface area contributed by atoms with Crippen molar-refractivity contribution in [3.8, 4) is 5.75 Å². The Hall–Kier alpha value is -0.550. The Labute approximate surface area is 111 Å². The molecule has 0 saturated carbocycles. The predicted molar refractivity (Wildman–Crippen MR) is 70.5 cm³/mol. The number of phenolic OH excluding ortho intramolecular Hbond substituents is 1. The van der Waals surface area contributed by atoms with Crippen LogP contribution in [0, 0.1) is 0 Å². The highest BCUT2D eigenvalue weighted by atomic mass is 79.9. The molecule has 1 rings (SSSR count). The molecule has 0 aromatic heterocycles. The Kier molecular flexibility index (Phi) is 5.28. The second-order valence-corrected chi connectivity index (χ2v) is 5.07. The van der Waals surface area contributed by atoms with E-state index in [1.54, 1.807) is 0 Å². The highest BCUT2D eigenvalue weighted by molar-refractivity contribution is 9.11. The van der Waals surface area contributed by atoms with E-state index in [1.807, 2.05) is 19.1 Å². The lowest BCUT2D eigenvalue weighted by Crippen LogP contribution is -2.24. The summed E-state index contributed by atoms with van der Waals surface area (Å²) in [6, 6.07) is 3.69. The van der Waals surface area contributed by atoms with Crippen LogP contribution in [0.4, 0.5) is 0 Å². The molecule has 0 spiro atoms. The molecule has 0 atom stereocenters. The Morgan fingerprint density at radius 1 is 1.38 bits per heavy atom. The molecule has 0 saturated heterocycles. The second kappa shape index (κ2) is 6.25. The number of benzene rings is 1. The number of carbonyl (C=O) groups is 1. The number of phenols is 1. The molecule has 0 heterocycles. The lowest BCUT2D eigenvalue weighted by atomic mass is 10.1. The number of rotatable bonds is 4. The van der Waals surface area contributed by atoms with Crippen molar-refractivity contribution >= 4 is 37.8 Å². The van der Waals surface area contributed by atoms with Gasteiger partial charge in [0.2, 0.25) is 5.91 Å². The van der Waals surface area contributed by atoms with E-state index in [4.69, 9.17) is 0 Å². The number of amides is 1. The van der Waals surface area contributed by atoms with Crippen molar-refractivity contribution < 1.29 is 9.90 Å². The zero-order valence-corrected chi connectivity index (χ0v) is 12.1. The first kappa shape index (κ1) is 13.5. The summed E-state index contributed by atoms with van der Waals surface area (Å²) in [7, 11) is 0. The molecule has 5 heteroatoms. The van der Waals surface area contributed by atoms with Gasteiger partial charge in [-0.2, -0.15) is 0 Å². The van der Waals surface area contributed by atoms with Gasteiger partial charge in [-0.15, -0.1) is 0 Å². The quantitative estimate of drug-likeness (QED) is 0.877. The third kappa shape index (κ3) is 3.79. The average molecular weight is 351 g/mol. The number of hydrogen-bond donors (Lipinski definition) is 2. The fourth-order valence-electron chi connectivity index (χ4n) is 1.23. The fraction of sp³-hybridized carbons (Fsp3) is 0.364. The molecule has 16 heavy (non-hydrogen) atoms. The lowest BCUT2D eigenvalue weighted by molar-refractivity contribution is -0.120. The maximum atomic E-state index is 11.0. The average Bonchev–Trinajstić information content (AvgIpc) is 2.25. The van der Waals surface area contributed by atoms with Crippen molar-refractivity contribution in [1.82, 2.24) is 5.32 Å². The summed E-state index contributed by atoms with van der Waals surface area (Å²) in [5.74, 6) is 0.248. The van der Waals surface area contributed by atoms with Crippen LogP contribution in [0.5, 0.6) is 5.75 Å². The van der Waals surface area contributed by atoms with E-state index in [1.165, 1.54) is 0 Å². The van der Waals surface area contributed by atoms with Gasteiger partial charge >= 0.3 is 0 Å². The van der Waals surface area contributed by atoms with Crippen molar-refractivity contribution in [3.05, 3.63) is 26.6 Å². The first-order valence-electron chi connectivity index (χ1n) is 4.98. The van der Waals surface area contributed by atoms with Gasteiger partial charge in [0.1, 0.15) is 5.75 Å². The molecule has 0 unspecified atom stereocenters. The van der Waals surface area contributed by atoms with Crippen molar-refractivity contribution in [2.45, 2.75) is 19.8 Å². The zero-order valence-electron chi connectivity index (χ0n) is 8.89. The molecule has 0 fully saturated rings. The summed E-state index contributed by atoms with van der Waals surface area (Å²) in [4.78, 5) is 11.0. The minimum absolute atomic E-state index is 0.0527. The summed E-state index contributed by atoms with van der Waals surface area (Å²) in [6.45, 7) is 2.43. The van der Waals surface area contributed by atoms with Gasteiger partial charge in [-0.05, 0) is 56.0 Å². The maximum absolute atomic E-state index is 11.0. The van der Waals surface area contributed by atoms with Gasteiger partial charge in [-0.25, -0.2) is 0 Å². The molecule has 0 bridgehead atoms. The van der Waals surface area contributed by atoms with E-state index in [2.05, 4.69) is 37.2 Å². The van der Waals surface area contributed by atoms with Gasteiger partial charge in [-0.3, -0.25) is 4.79 Å². The van der Waals surface area contributed by atoms with Crippen LogP contribution in [0.25, 0.3) is 0 Å². The van der Waals surface area contributed by atoms with Crippen LogP contribution >= 0.6 is 31.9 Å². The first-order chi connectivity index (χ1) is 7.54. The monoisotopic (exact) mass is 349 g/mol. The van der Waals surface area contributed by atoms with Gasteiger partial charge in [0.05, 0.1) is 8.95 Å². The van der Waals surface area contributed by atoms with Crippen molar-refractivity contribution in [2.24, 2.45) is 0 Å². The number of nitrogens with one attached hydrogen (secondary N) is 1. The van der Waals surface area contributed by atoms with Crippen LogP contribution < -0.4 is 5.32 Å². The van der Waals surface area contributed by atoms with Crippen LogP contribution in [0.15, 0.2) is 21.1 Å². The Morgan fingerprint density at radius 2 is 1.94 bits per heavy atom. The summed E-state index contributed by atoms with van der Waals surface area (Å²) < 4.78 is 1.30. The smallest absolute Gasteiger partial charge is 0.219 e. The molecule has 1 aromatic carbocycles. The van der Waals surface area contributed by atoms with E-state index in [-0.39, 0.29) is 11.7 Å². The largest absolute Gasteiger partial charge is 0.506 e. The van der Waals surface area contributed by atoms with E-state index in [9.17, 15) is 9.90 Å². The summed E-state index contributed by atoms with van der Waals surface area (Å²) in [5, 5.41) is 12.3. The standard InChI is InChI=1S/C11H13Br2NO2/c1-2-10(15)14-4-3-7-5-8(12)11(16)9(13)6-7/h5-6,16H,2-4H2,1H3,(H,14,15). The van der Waals surface area contributed by atoms with E-state index in [0.29, 0.717) is 21.9 Å². The topological polar surface area (TPSA) is 49.3 Å². The van der Waals surface area contributed by atoms with Crippen LogP contribution in [-0.4, -0.2) is 17.6 Å². The third-order valence-electron chi connectivity index (χ3n) is 2.13. The Morgan fingerprint density at radius 3 is 2.44 bits per heavy atom. The number of halogens is 2. The van der Waals surface area contributed by atoms with Crippen LogP contribution in [0.1, 0.15) is 18.9 Å². The molecular weight excluding hydrogens is 338 g/mol. The fourth-order valence-corrected chi connectivity index (χ4v) is 2.51.